The molecule has 0 bridgehead atoms. The molecule has 0 aliphatic carbocycles. The number of carbonyl (C=O) groups is 2. The van der Waals surface area contributed by atoms with Crippen molar-refractivity contribution in [1.29, 1.82) is 0 Å². The molecule has 0 aromatic rings. The zero-order valence-electron chi connectivity index (χ0n) is 11.7. The number of amides is 1. The van der Waals surface area contributed by atoms with Crippen molar-refractivity contribution in [3.63, 3.8) is 0 Å². The number of hydrogen-bond donors (Lipinski definition) is 2. The van der Waals surface area contributed by atoms with E-state index in [1.165, 1.54) is 0 Å². The van der Waals surface area contributed by atoms with Crippen LogP contribution in [-0.4, -0.2) is 47.1 Å². The van der Waals surface area contributed by atoms with Crippen molar-refractivity contribution in [3.05, 3.63) is 0 Å². The molecular weight excluding hydrogens is 268 g/mol. The molecule has 2 unspecified atom stereocenters. The molecule has 5 nitrogen and oxygen atoms in total. The van der Waals surface area contributed by atoms with Crippen molar-refractivity contribution in [2.75, 3.05) is 13.1 Å². The highest BCUT2D eigenvalue weighted by Gasteiger charge is 2.29. The van der Waals surface area contributed by atoms with Gasteiger partial charge in [0.25, 0.3) is 0 Å². The third-order valence-electron chi connectivity index (χ3n) is 3.41. The molecule has 0 aromatic heterocycles. The first kappa shape index (κ1) is 18.2. The summed E-state index contributed by atoms with van der Waals surface area (Å²) in [7, 11) is 0. The van der Waals surface area contributed by atoms with Gasteiger partial charge >= 0.3 is 5.97 Å². The molecule has 1 aliphatic heterocycles. The molecule has 19 heavy (non-hydrogen) atoms. The molecule has 1 saturated heterocycles. The molecular formula is C13H25ClN2O3. The van der Waals surface area contributed by atoms with Crippen LogP contribution >= 0.6 is 12.4 Å². The quantitative estimate of drug-likeness (QED) is 0.781. The maximum absolute atomic E-state index is 11.5. The fourth-order valence-corrected chi connectivity index (χ4v) is 2.52. The van der Waals surface area contributed by atoms with Gasteiger partial charge in [-0.25, -0.2) is 0 Å². The van der Waals surface area contributed by atoms with Crippen molar-refractivity contribution < 1.29 is 14.7 Å². The van der Waals surface area contributed by atoms with Crippen LogP contribution < -0.4 is 5.32 Å². The Morgan fingerprint density at radius 1 is 1.42 bits per heavy atom. The Kier molecular flexibility index (Phi) is 8.76. The van der Waals surface area contributed by atoms with Gasteiger partial charge in [0.05, 0.1) is 0 Å². The maximum atomic E-state index is 11.5. The molecule has 1 heterocycles. The molecule has 1 rings (SSSR count). The van der Waals surface area contributed by atoms with Gasteiger partial charge < -0.3 is 10.4 Å². The third kappa shape index (κ3) is 5.78. The number of carboxylic acid groups (broad SMARTS) is 1. The number of nitrogens with one attached hydrogen (secondary N) is 1. The van der Waals surface area contributed by atoms with E-state index in [4.69, 9.17) is 5.11 Å². The number of piperidine rings is 1. The van der Waals surface area contributed by atoms with Crippen LogP contribution in [0.15, 0.2) is 0 Å². The topological polar surface area (TPSA) is 69.6 Å². The minimum Gasteiger partial charge on any atom is -0.480 e. The Morgan fingerprint density at radius 2 is 2.11 bits per heavy atom. The van der Waals surface area contributed by atoms with Crippen molar-refractivity contribution in [2.45, 2.75) is 58.0 Å². The number of aliphatic carboxylic acids is 1. The summed E-state index contributed by atoms with van der Waals surface area (Å²) in [4.78, 5) is 24.7. The van der Waals surface area contributed by atoms with Crippen LogP contribution in [0.25, 0.3) is 0 Å². The Bertz CT molecular complexity index is 300. The van der Waals surface area contributed by atoms with Crippen LogP contribution in [0, 0.1) is 0 Å². The molecule has 0 spiro atoms. The average Bonchev–Trinajstić information content (AvgIpc) is 2.30. The predicted octanol–water partition coefficient (Wildman–Crippen LogP) is 1.65. The van der Waals surface area contributed by atoms with Crippen LogP contribution in [-0.2, 0) is 9.59 Å². The van der Waals surface area contributed by atoms with E-state index in [9.17, 15) is 9.59 Å². The van der Waals surface area contributed by atoms with Gasteiger partial charge in [0, 0.05) is 19.0 Å². The van der Waals surface area contributed by atoms with Gasteiger partial charge in [-0.05, 0) is 32.2 Å². The first-order valence-corrected chi connectivity index (χ1v) is 6.84. The van der Waals surface area contributed by atoms with E-state index >= 15 is 0 Å². The SMILES string of the molecule is CCCC(=O)NC1CCCN(C(CC)C(=O)O)C1.Cl. The minimum atomic E-state index is -0.766. The standard InChI is InChI=1S/C13H24N2O3.ClH/c1-3-6-12(16)14-10-7-5-8-15(9-10)11(4-2)13(17)18;/h10-11H,3-9H2,1-2H3,(H,14,16)(H,17,18);1H. The molecule has 1 amide bonds. The number of carbonyl (C=O) groups excluding carboxylic acids is 1. The van der Waals surface area contributed by atoms with Gasteiger partial charge in [-0.1, -0.05) is 13.8 Å². The van der Waals surface area contributed by atoms with Crippen molar-refractivity contribution in [3.8, 4) is 0 Å². The van der Waals surface area contributed by atoms with E-state index < -0.39 is 12.0 Å². The lowest BCUT2D eigenvalue weighted by Gasteiger charge is -2.36. The second-order valence-corrected chi connectivity index (χ2v) is 4.91. The zero-order chi connectivity index (χ0) is 13.5. The van der Waals surface area contributed by atoms with Gasteiger partial charge in [0.2, 0.25) is 5.91 Å². The lowest BCUT2D eigenvalue weighted by molar-refractivity contribution is -0.144. The summed E-state index contributed by atoms with van der Waals surface area (Å²) in [5.74, 6) is -0.689. The molecule has 2 atom stereocenters. The summed E-state index contributed by atoms with van der Waals surface area (Å²) < 4.78 is 0. The van der Waals surface area contributed by atoms with Crippen molar-refractivity contribution in [2.24, 2.45) is 0 Å². The number of likely N-dealkylation sites (tertiary alicyclic amines) is 1. The Balaban J connectivity index is 0.00000324. The highest BCUT2D eigenvalue weighted by atomic mass is 35.5. The Morgan fingerprint density at radius 3 is 2.63 bits per heavy atom. The summed E-state index contributed by atoms with van der Waals surface area (Å²) in [5, 5.41) is 12.1. The highest BCUT2D eigenvalue weighted by Crippen LogP contribution is 2.15. The van der Waals surface area contributed by atoms with Gasteiger partial charge in [-0.2, -0.15) is 0 Å². The smallest absolute Gasteiger partial charge is 0.320 e. The van der Waals surface area contributed by atoms with E-state index in [2.05, 4.69) is 5.32 Å². The van der Waals surface area contributed by atoms with Gasteiger partial charge in [0.1, 0.15) is 6.04 Å². The van der Waals surface area contributed by atoms with Crippen LogP contribution in [0.1, 0.15) is 46.0 Å². The summed E-state index contributed by atoms with van der Waals surface area (Å²) in [6.45, 7) is 5.33. The molecule has 2 N–H and O–H groups in total. The minimum absolute atomic E-state index is 0. The van der Waals surface area contributed by atoms with E-state index in [1.54, 1.807) is 0 Å². The second-order valence-electron chi connectivity index (χ2n) is 4.91. The number of halogens is 1. The number of nitrogens with zero attached hydrogens (tertiary/aromatic N) is 1. The largest absolute Gasteiger partial charge is 0.480 e. The monoisotopic (exact) mass is 292 g/mol. The lowest BCUT2D eigenvalue weighted by atomic mass is 10.0. The average molecular weight is 293 g/mol. The summed E-state index contributed by atoms with van der Waals surface area (Å²) in [5.41, 5.74) is 0. The van der Waals surface area contributed by atoms with E-state index in [1.807, 2.05) is 18.7 Å². The number of hydrogen-bond acceptors (Lipinski definition) is 3. The number of rotatable bonds is 6. The molecule has 112 valence electrons. The van der Waals surface area contributed by atoms with Gasteiger partial charge in [-0.15, -0.1) is 12.4 Å². The summed E-state index contributed by atoms with van der Waals surface area (Å²) in [6.07, 6.45) is 3.88. The Hall–Kier alpha value is -0.810. The first-order chi connectivity index (χ1) is 8.58. The van der Waals surface area contributed by atoms with Crippen molar-refractivity contribution in [1.82, 2.24) is 10.2 Å². The fourth-order valence-electron chi connectivity index (χ4n) is 2.52. The van der Waals surface area contributed by atoms with Crippen LogP contribution in [0.2, 0.25) is 0 Å². The van der Waals surface area contributed by atoms with Crippen LogP contribution in [0.5, 0.6) is 0 Å². The van der Waals surface area contributed by atoms with Crippen molar-refractivity contribution >= 4 is 24.3 Å². The molecule has 0 radical (unpaired) electrons. The number of carboxylic acids is 1. The Labute approximate surface area is 121 Å². The zero-order valence-corrected chi connectivity index (χ0v) is 12.5. The summed E-state index contributed by atoms with van der Waals surface area (Å²) >= 11 is 0. The second kappa shape index (κ2) is 9.15. The fraction of sp³-hybridized carbons (Fsp3) is 0.846. The molecule has 0 aromatic carbocycles. The first-order valence-electron chi connectivity index (χ1n) is 6.84. The van der Waals surface area contributed by atoms with Gasteiger partial charge in [0.15, 0.2) is 0 Å². The van der Waals surface area contributed by atoms with Crippen LogP contribution in [0.4, 0.5) is 0 Å². The molecule has 1 aliphatic rings. The summed E-state index contributed by atoms with van der Waals surface area (Å²) in [6, 6.07) is -0.318. The molecule has 0 saturated carbocycles. The maximum Gasteiger partial charge on any atom is 0.320 e. The molecule has 1 fully saturated rings. The van der Waals surface area contributed by atoms with Crippen LogP contribution in [0.3, 0.4) is 0 Å². The third-order valence-corrected chi connectivity index (χ3v) is 3.41. The van der Waals surface area contributed by atoms with E-state index in [0.29, 0.717) is 19.4 Å². The van der Waals surface area contributed by atoms with E-state index in [0.717, 1.165) is 25.8 Å². The predicted molar refractivity (Wildman–Crippen MR) is 76.6 cm³/mol. The molecule has 6 heteroatoms. The van der Waals surface area contributed by atoms with E-state index in [-0.39, 0.29) is 24.4 Å². The van der Waals surface area contributed by atoms with Gasteiger partial charge in [-0.3, -0.25) is 14.5 Å². The highest BCUT2D eigenvalue weighted by molar-refractivity contribution is 5.85. The lowest BCUT2D eigenvalue weighted by Crippen LogP contribution is -2.52. The normalized spacial score (nSPS) is 21.3.